The molecule has 0 aromatic carbocycles. The largest absolute Gasteiger partial charge is 0.0993 e. The number of rotatable bonds is 6. The van der Waals surface area contributed by atoms with Crippen molar-refractivity contribution in [1.29, 1.82) is 0 Å². The van der Waals surface area contributed by atoms with Crippen molar-refractivity contribution in [2.45, 2.75) is 46.5 Å². The van der Waals surface area contributed by atoms with Gasteiger partial charge in [0.15, 0.2) is 0 Å². The third-order valence-electron chi connectivity index (χ3n) is 2.37. The van der Waals surface area contributed by atoms with Gasteiger partial charge in [0.05, 0.1) is 0 Å². The normalized spacial score (nSPS) is 10.3. The van der Waals surface area contributed by atoms with E-state index in [9.17, 15) is 0 Å². The van der Waals surface area contributed by atoms with Crippen molar-refractivity contribution < 1.29 is 0 Å². The lowest BCUT2D eigenvalue weighted by atomic mass is 9.90. The van der Waals surface area contributed by atoms with Crippen LogP contribution in [0.3, 0.4) is 0 Å². The van der Waals surface area contributed by atoms with Crippen molar-refractivity contribution in [2.24, 2.45) is 5.92 Å². The molecule has 0 N–H and O–H groups in total. The first-order valence-corrected chi connectivity index (χ1v) is 4.98. The van der Waals surface area contributed by atoms with Gasteiger partial charge in [-0.25, -0.2) is 0 Å². The van der Waals surface area contributed by atoms with E-state index in [2.05, 4.69) is 33.9 Å². The average molecular weight is 166 g/mol. The summed E-state index contributed by atoms with van der Waals surface area (Å²) < 4.78 is 0. The molecule has 0 nitrogen and oxygen atoms in total. The summed E-state index contributed by atoms with van der Waals surface area (Å²) in [5.41, 5.74) is 2.69. The Morgan fingerprint density at radius 1 is 1.00 bits per heavy atom. The van der Waals surface area contributed by atoms with Gasteiger partial charge in [0.25, 0.3) is 0 Å². The molecule has 0 aliphatic rings. The Morgan fingerprint density at radius 3 is 1.58 bits per heavy atom. The fourth-order valence-corrected chi connectivity index (χ4v) is 1.36. The molecular weight excluding hydrogens is 144 g/mol. The average Bonchev–Trinajstić information content (AvgIpc) is 2.04. The predicted octanol–water partition coefficient (Wildman–Crippen LogP) is 4.34. The SMILES string of the molecule is C=C(CCC)C(C)C(=C)CCC. The lowest BCUT2D eigenvalue weighted by molar-refractivity contribution is 0.688. The maximum absolute atomic E-state index is 4.09. The zero-order valence-electron chi connectivity index (χ0n) is 8.82. The maximum atomic E-state index is 4.09. The molecule has 0 atom stereocenters. The second-order valence-electron chi connectivity index (χ2n) is 3.54. The van der Waals surface area contributed by atoms with Crippen LogP contribution in [0.5, 0.6) is 0 Å². The molecule has 0 heterocycles. The highest BCUT2D eigenvalue weighted by Gasteiger charge is 2.08. The molecule has 0 spiro atoms. The Morgan fingerprint density at radius 2 is 1.33 bits per heavy atom. The lowest BCUT2D eigenvalue weighted by Gasteiger charge is -2.16. The van der Waals surface area contributed by atoms with E-state index in [0.29, 0.717) is 5.92 Å². The van der Waals surface area contributed by atoms with E-state index in [1.165, 1.54) is 24.0 Å². The molecule has 0 aromatic rings. The Balaban J connectivity index is 3.91. The van der Waals surface area contributed by atoms with Crippen LogP contribution in [0.15, 0.2) is 24.3 Å². The second-order valence-corrected chi connectivity index (χ2v) is 3.54. The first kappa shape index (κ1) is 11.5. The van der Waals surface area contributed by atoms with Crippen molar-refractivity contribution in [2.75, 3.05) is 0 Å². The molecule has 0 rings (SSSR count). The van der Waals surface area contributed by atoms with Gasteiger partial charge in [0, 0.05) is 0 Å². The quantitative estimate of drug-likeness (QED) is 0.515. The van der Waals surface area contributed by atoms with Crippen LogP contribution in [0.4, 0.5) is 0 Å². The van der Waals surface area contributed by atoms with Crippen molar-refractivity contribution in [3.05, 3.63) is 24.3 Å². The topological polar surface area (TPSA) is 0 Å². The minimum atomic E-state index is 0.518. The molecule has 0 amide bonds. The minimum Gasteiger partial charge on any atom is -0.0993 e. The molecule has 0 heteroatoms. The predicted molar refractivity (Wildman–Crippen MR) is 57.3 cm³/mol. The van der Waals surface area contributed by atoms with Gasteiger partial charge in [-0.05, 0) is 18.8 Å². The van der Waals surface area contributed by atoms with E-state index in [4.69, 9.17) is 0 Å². The number of hydrogen-bond donors (Lipinski definition) is 0. The minimum absolute atomic E-state index is 0.518. The Labute approximate surface area is 77.4 Å². The van der Waals surface area contributed by atoms with Gasteiger partial charge in [-0.2, -0.15) is 0 Å². The van der Waals surface area contributed by atoms with Gasteiger partial charge in [0.2, 0.25) is 0 Å². The standard InChI is InChI=1S/C12H22/c1-6-8-10(3)12(5)11(4)9-7-2/h12H,3-4,6-9H2,1-2,5H3. The molecule has 0 saturated carbocycles. The van der Waals surface area contributed by atoms with E-state index >= 15 is 0 Å². The molecule has 0 aliphatic carbocycles. The van der Waals surface area contributed by atoms with Gasteiger partial charge in [-0.3, -0.25) is 0 Å². The van der Waals surface area contributed by atoms with Crippen LogP contribution in [-0.2, 0) is 0 Å². The van der Waals surface area contributed by atoms with Crippen molar-refractivity contribution >= 4 is 0 Å². The third kappa shape index (κ3) is 3.75. The summed E-state index contributed by atoms with van der Waals surface area (Å²) >= 11 is 0. The zero-order chi connectivity index (χ0) is 9.56. The Kier molecular flexibility index (Phi) is 5.79. The molecule has 12 heavy (non-hydrogen) atoms. The highest BCUT2D eigenvalue weighted by Crippen LogP contribution is 2.23. The van der Waals surface area contributed by atoms with E-state index in [0.717, 1.165) is 12.8 Å². The van der Waals surface area contributed by atoms with Gasteiger partial charge >= 0.3 is 0 Å². The van der Waals surface area contributed by atoms with Gasteiger partial charge < -0.3 is 0 Å². The summed E-state index contributed by atoms with van der Waals surface area (Å²) in [4.78, 5) is 0. The van der Waals surface area contributed by atoms with Crippen molar-refractivity contribution in [3.8, 4) is 0 Å². The fraction of sp³-hybridized carbons (Fsp3) is 0.667. The van der Waals surface area contributed by atoms with Crippen LogP contribution in [0.1, 0.15) is 46.5 Å². The van der Waals surface area contributed by atoms with Crippen LogP contribution in [0, 0.1) is 5.92 Å². The molecule has 0 fully saturated rings. The van der Waals surface area contributed by atoms with Crippen LogP contribution in [0.2, 0.25) is 0 Å². The monoisotopic (exact) mass is 166 g/mol. The van der Waals surface area contributed by atoms with Crippen LogP contribution < -0.4 is 0 Å². The summed E-state index contributed by atoms with van der Waals surface area (Å²) in [6, 6.07) is 0. The van der Waals surface area contributed by atoms with E-state index in [1.54, 1.807) is 0 Å². The van der Waals surface area contributed by atoms with Gasteiger partial charge in [0.1, 0.15) is 0 Å². The first-order valence-electron chi connectivity index (χ1n) is 4.98. The van der Waals surface area contributed by atoms with Crippen molar-refractivity contribution in [3.63, 3.8) is 0 Å². The van der Waals surface area contributed by atoms with E-state index < -0.39 is 0 Å². The third-order valence-corrected chi connectivity index (χ3v) is 2.37. The van der Waals surface area contributed by atoms with Gasteiger partial charge in [-0.15, -0.1) is 0 Å². The molecule has 0 aromatic heterocycles. The summed E-state index contributed by atoms with van der Waals surface area (Å²) in [6.45, 7) is 14.8. The highest BCUT2D eigenvalue weighted by atomic mass is 14.1. The van der Waals surface area contributed by atoms with Crippen LogP contribution in [-0.4, -0.2) is 0 Å². The molecule has 0 radical (unpaired) electrons. The first-order chi connectivity index (χ1) is 5.63. The summed E-state index contributed by atoms with van der Waals surface area (Å²) in [5.74, 6) is 0.518. The number of allylic oxidation sites excluding steroid dienone is 2. The molecule has 0 saturated heterocycles. The summed E-state index contributed by atoms with van der Waals surface area (Å²) in [5, 5.41) is 0. The number of hydrogen-bond acceptors (Lipinski definition) is 0. The van der Waals surface area contributed by atoms with E-state index in [1.807, 2.05) is 0 Å². The van der Waals surface area contributed by atoms with Crippen LogP contribution in [0.25, 0.3) is 0 Å². The van der Waals surface area contributed by atoms with Crippen LogP contribution >= 0.6 is 0 Å². The zero-order valence-corrected chi connectivity index (χ0v) is 8.82. The summed E-state index contributed by atoms with van der Waals surface area (Å²) in [6.07, 6.45) is 4.68. The molecule has 0 bridgehead atoms. The maximum Gasteiger partial charge on any atom is -0.00268 e. The second kappa shape index (κ2) is 6.05. The Bertz CT molecular complexity index is 135. The molecule has 70 valence electrons. The lowest BCUT2D eigenvalue weighted by Crippen LogP contribution is -2.01. The van der Waals surface area contributed by atoms with Gasteiger partial charge in [-0.1, -0.05) is 57.9 Å². The van der Waals surface area contributed by atoms with E-state index in [-0.39, 0.29) is 0 Å². The smallest absolute Gasteiger partial charge is 0.00268 e. The molecular formula is C12H22. The molecule has 0 aliphatic heterocycles. The molecule has 0 unspecified atom stereocenters. The Hall–Kier alpha value is -0.520. The fourth-order valence-electron chi connectivity index (χ4n) is 1.36. The summed E-state index contributed by atoms with van der Waals surface area (Å²) in [7, 11) is 0. The highest BCUT2D eigenvalue weighted by molar-refractivity contribution is 5.14. The van der Waals surface area contributed by atoms with Crippen molar-refractivity contribution in [1.82, 2.24) is 0 Å².